The smallest absolute Gasteiger partial charge is 0.213 e. The van der Waals surface area contributed by atoms with Gasteiger partial charge in [0.15, 0.2) is 5.78 Å². The van der Waals surface area contributed by atoms with Gasteiger partial charge < -0.3 is 4.74 Å². The minimum atomic E-state index is -0.219. The van der Waals surface area contributed by atoms with Crippen LogP contribution in [0.25, 0.3) is 0 Å². The van der Waals surface area contributed by atoms with Crippen molar-refractivity contribution in [3.63, 3.8) is 0 Å². The second kappa shape index (κ2) is 4.80. The Morgan fingerprint density at radius 3 is 2.48 bits per heavy atom. The van der Waals surface area contributed by atoms with Gasteiger partial charge in [0, 0.05) is 29.0 Å². The van der Waals surface area contributed by atoms with Crippen LogP contribution < -0.4 is 4.74 Å². The number of Topliss-reactive ketones (excluding diaryl/α,β-unsaturated/α-hetero) is 1. The second-order valence-corrected chi connectivity index (χ2v) is 7.29. The molecule has 3 rings (SSSR count). The number of ether oxygens (including phenoxy) is 1. The van der Waals surface area contributed by atoms with Crippen molar-refractivity contribution in [1.82, 2.24) is 9.88 Å². The van der Waals surface area contributed by atoms with Crippen LogP contribution in [0.1, 0.15) is 49.7 Å². The number of carbonyl (C=O) groups excluding carboxylic acids is 1. The number of pyridine rings is 1. The van der Waals surface area contributed by atoms with Crippen LogP contribution in [0.15, 0.2) is 12.1 Å². The lowest BCUT2D eigenvalue weighted by Crippen LogP contribution is -2.50. The van der Waals surface area contributed by atoms with E-state index in [4.69, 9.17) is 4.74 Å². The minimum absolute atomic E-state index is 0.178. The summed E-state index contributed by atoms with van der Waals surface area (Å²) in [4.78, 5) is 19.8. The van der Waals surface area contributed by atoms with E-state index in [0.717, 1.165) is 43.6 Å². The molecule has 1 fully saturated rings. The highest BCUT2D eigenvalue weighted by Crippen LogP contribution is 2.45. The topological polar surface area (TPSA) is 42.4 Å². The molecule has 1 saturated heterocycles. The minimum Gasteiger partial charge on any atom is -0.481 e. The van der Waals surface area contributed by atoms with Crippen LogP contribution >= 0.6 is 0 Å². The number of methoxy groups -OCH3 is 1. The lowest BCUT2D eigenvalue weighted by atomic mass is 9.74. The first-order chi connectivity index (χ1) is 9.86. The number of ketones is 1. The maximum atomic E-state index is 12.8. The standard InChI is InChI=1S/C17H24N2O2/c1-16(2,3)19-9-7-17(8-10-19)11-13-12(15(17)20)5-6-14(18-13)21-4/h5-6H,7-11H2,1-4H3. The van der Waals surface area contributed by atoms with Gasteiger partial charge in [-0.15, -0.1) is 0 Å². The molecule has 1 aliphatic heterocycles. The molecule has 0 bridgehead atoms. The molecule has 1 aromatic heterocycles. The molecule has 1 spiro atoms. The highest BCUT2D eigenvalue weighted by molar-refractivity contribution is 6.04. The third-order valence-electron chi connectivity index (χ3n) is 5.06. The molecule has 0 atom stereocenters. The number of piperidine rings is 1. The van der Waals surface area contributed by atoms with Crippen LogP contribution in [0.4, 0.5) is 0 Å². The summed E-state index contributed by atoms with van der Waals surface area (Å²) in [6.07, 6.45) is 2.64. The molecule has 4 heteroatoms. The third kappa shape index (κ3) is 2.35. The van der Waals surface area contributed by atoms with Gasteiger partial charge in [-0.3, -0.25) is 9.69 Å². The number of nitrogens with zero attached hydrogens (tertiary/aromatic N) is 2. The van der Waals surface area contributed by atoms with Gasteiger partial charge >= 0.3 is 0 Å². The van der Waals surface area contributed by atoms with Gasteiger partial charge in [-0.2, -0.15) is 0 Å². The van der Waals surface area contributed by atoms with Crippen LogP contribution in [-0.2, 0) is 6.42 Å². The first-order valence-electron chi connectivity index (χ1n) is 7.69. The van der Waals surface area contributed by atoms with Gasteiger partial charge in [0.1, 0.15) is 0 Å². The highest BCUT2D eigenvalue weighted by atomic mass is 16.5. The highest BCUT2D eigenvalue weighted by Gasteiger charge is 2.48. The molecule has 2 aliphatic rings. The molecule has 21 heavy (non-hydrogen) atoms. The maximum absolute atomic E-state index is 12.8. The summed E-state index contributed by atoms with van der Waals surface area (Å²) in [5.41, 5.74) is 1.68. The molecule has 1 aromatic rings. The van der Waals surface area contributed by atoms with Crippen LogP contribution in [0, 0.1) is 5.41 Å². The average Bonchev–Trinajstić information content (AvgIpc) is 2.70. The summed E-state index contributed by atoms with van der Waals surface area (Å²) >= 11 is 0. The lowest BCUT2D eigenvalue weighted by Gasteiger charge is -2.44. The van der Waals surface area contributed by atoms with Crippen molar-refractivity contribution in [3.8, 4) is 5.88 Å². The number of hydrogen-bond acceptors (Lipinski definition) is 4. The van der Waals surface area contributed by atoms with Crippen molar-refractivity contribution in [3.05, 3.63) is 23.4 Å². The van der Waals surface area contributed by atoms with Gasteiger partial charge in [0.25, 0.3) is 0 Å². The SMILES string of the molecule is COc1ccc2c(n1)CC1(CCN(C(C)(C)C)CC1)C2=O. The van der Waals surface area contributed by atoms with Crippen LogP contribution in [0.5, 0.6) is 5.88 Å². The first-order valence-corrected chi connectivity index (χ1v) is 7.69. The molecule has 0 amide bonds. The Balaban J connectivity index is 1.82. The van der Waals surface area contributed by atoms with Gasteiger partial charge in [-0.1, -0.05) is 0 Å². The lowest BCUT2D eigenvalue weighted by molar-refractivity contribution is 0.0393. The van der Waals surface area contributed by atoms with Gasteiger partial charge in [-0.05, 0) is 52.8 Å². The van der Waals surface area contributed by atoms with Crippen molar-refractivity contribution < 1.29 is 9.53 Å². The van der Waals surface area contributed by atoms with E-state index in [9.17, 15) is 4.79 Å². The van der Waals surface area contributed by atoms with E-state index in [2.05, 4.69) is 30.7 Å². The zero-order valence-corrected chi connectivity index (χ0v) is 13.4. The van der Waals surface area contributed by atoms with Crippen molar-refractivity contribution in [2.45, 2.75) is 45.6 Å². The Morgan fingerprint density at radius 2 is 1.90 bits per heavy atom. The van der Waals surface area contributed by atoms with Crippen molar-refractivity contribution in [2.24, 2.45) is 5.41 Å². The molecular formula is C17H24N2O2. The van der Waals surface area contributed by atoms with E-state index >= 15 is 0 Å². The summed E-state index contributed by atoms with van der Waals surface area (Å²) < 4.78 is 5.18. The fourth-order valence-electron chi connectivity index (χ4n) is 3.63. The van der Waals surface area contributed by atoms with Crippen LogP contribution in [0.3, 0.4) is 0 Å². The number of hydrogen-bond donors (Lipinski definition) is 0. The second-order valence-electron chi connectivity index (χ2n) is 7.29. The van der Waals surface area contributed by atoms with E-state index in [1.54, 1.807) is 13.2 Å². The average molecular weight is 288 g/mol. The zero-order chi connectivity index (χ0) is 15.3. The van der Waals surface area contributed by atoms with E-state index in [1.807, 2.05) is 6.07 Å². The predicted octanol–water partition coefficient (Wildman–Crippen LogP) is 2.71. The molecule has 114 valence electrons. The van der Waals surface area contributed by atoms with Gasteiger partial charge in [0.2, 0.25) is 5.88 Å². The summed E-state index contributed by atoms with van der Waals surface area (Å²) in [5.74, 6) is 0.895. The molecule has 0 saturated carbocycles. The van der Waals surface area contributed by atoms with Crippen molar-refractivity contribution in [2.75, 3.05) is 20.2 Å². The number of fused-ring (bicyclic) bond motifs is 1. The Hall–Kier alpha value is -1.42. The molecule has 0 radical (unpaired) electrons. The van der Waals surface area contributed by atoms with E-state index in [0.29, 0.717) is 11.7 Å². The Morgan fingerprint density at radius 1 is 1.24 bits per heavy atom. The zero-order valence-electron chi connectivity index (χ0n) is 13.4. The number of likely N-dealkylation sites (tertiary alicyclic amines) is 1. The quantitative estimate of drug-likeness (QED) is 0.797. The van der Waals surface area contributed by atoms with Crippen LogP contribution in [-0.4, -0.2) is 41.4 Å². The van der Waals surface area contributed by atoms with E-state index in [-0.39, 0.29) is 11.0 Å². The summed E-state index contributed by atoms with van der Waals surface area (Å²) in [6.45, 7) is 8.69. The van der Waals surface area contributed by atoms with E-state index < -0.39 is 0 Å². The molecule has 0 unspecified atom stereocenters. The third-order valence-corrected chi connectivity index (χ3v) is 5.06. The number of rotatable bonds is 1. The first kappa shape index (κ1) is 14.5. The Labute approximate surface area is 126 Å². The largest absolute Gasteiger partial charge is 0.481 e. The fourth-order valence-corrected chi connectivity index (χ4v) is 3.63. The Kier molecular flexibility index (Phi) is 3.32. The molecule has 2 heterocycles. The molecular weight excluding hydrogens is 264 g/mol. The van der Waals surface area contributed by atoms with Gasteiger partial charge in [0.05, 0.1) is 12.8 Å². The summed E-state index contributed by atoms with van der Waals surface area (Å²) in [6, 6.07) is 3.68. The maximum Gasteiger partial charge on any atom is 0.213 e. The van der Waals surface area contributed by atoms with E-state index in [1.165, 1.54) is 0 Å². The fraction of sp³-hybridized carbons (Fsp3) is 0.647. The molecule has 4 nitrogen and oxygen atoms in total. The summed E-state index contributed by atoms with van der Waals surface area (Å²) in [5, 5.41) is 0. The molecule has 1 aliphatic carbocycles. The molecule has 0 aromatic carbocycles. The normalized spacial score (nSPS) is 21.6. The molecule has 0 N–H and O–H groups in total. The predicted molar refractivity (Wildman–Crippen MR) is 81.8 cm³/mol. The van der Waals surface area contributed by atoms with Crippen molar-refractivity contribution >= 4 is 5.78 Å². The Bertz CT molecular complexity index is 567. The monoisotopic (exact) mass is 288 g/mol. The van der Waals surface area contributed by atoms with Crippen molar-refractivity contribution in [1.29, 1.82) is 0 Å². The van der Waals surface area contributed by atoms with Gasteiger partial charge in [-0.25, -0.2) is 4.98 Å². The number of aromatic nitrogens is 1. The summed E-state index contributed by atoms with van der Waals surface area (Å²) in [7, 11) is 1.61. The number of carbonyl (C=O) groups is 1. The van der Waals surface area contributed by atoms with Crippen LogP contribution in [0.2, 0.25) is 0 Å².